The number of benzene rings is 4. The highest BCUT2D eigenvalue weighted by molar-refractivity contribution is 6.00. The molecule has 0 saturated carbocycles. The minimum Gasteiger partial charge on any atom is -0.508 e. The van der Waals surface area contributed by atoms with Crippen molar-refractivity contribution in [1.82, 2.24) is 4.90 Å². The third-order valence-corrected chi connectivity index (χ3v) is 6.50. The summed E-state index contributed by atoms with van der Waals surface area (Å²) in [6, 6.07) is 24.7. The van der Waals surface area contributed by atoms with Gasteiger partial charge in [0.1, 0.15) is 29.4 Å². The molecule has 0 aromatic heterocycles. The molecule has 5 rings (SSSR count). The number of rotatable bonds is 7. The van der Waals surface area contributed by atoms with Crippen LogP contribution in [0.5, 0.6) is 17.2 Å². The summed E-state index contributed by atoms with van der Waals surface area (Å²) >= 11 is 0. The first kappa shape index (κ1) is 24.7. The maximum Gasteiger partial charge on any atom is 0.261 e. The average molecular weight is 510 g/mol. The van der Waals surface area contributed by atoms with Crippen molar-refractivity contribution in [3.63, 3.8) is 0 Å². The molecule has 0 bridgehead atoms. The molecule has 4 aromatic carbocycles. The van der Waals surface area contributed by atoms with E-state index in [0.717, 1.165) is 28.4 Å². The van der Waals surface area contributed by atoms with E-state index in [4.69, 9.17) is 10.5 Å². The van der Waals surface area contributed by atoms with Gasteiger partial charge in [-0.2, -0.15) is 0 Å². The van der Waals surface area contributed by atoms with E-state index in [1.807, 2.05) is 54.6 Å². The molecule has 8 nitrogen and oxygen atoms in total. The highest BCUT2D eigenvalue weighted by Crippen LogP contribution is 2.36. The second-order valence-electron chi connectivity index (χ2n) is 9.10. The summed E-state index contributed by atoms with van der Waals surface area (Å²) in [7, 11) is 0. The van der Waals surface area contributed by atoms with Crippen LogP contribution in [0.25, 0.3) is 0 Å². The number of carbonyl (C=O) groups excluding carboxylic acids is 2. The molecular formula is C30H27N3O5. The van der Waals surface area contributed by atoms with Crippen LogP contribution in [-0.2, 0) is 19.6 Å². The molecule has 2 amide bonds. The summed E-state index contributed by atoms with van der Waals surface area (Å²) in [6.45, 7) is 0.918. The maximum atomic E-state index is 13.7. The molecule has 0 fully saturated rings. The number of anilines is 2. The molecule has 192 valence electrons. The van der Waals surface area contributed by atoms with Gasteiger partial charge in [0.05, 0.1) is 0 Å². The molecule has 0 spiro atoms. The second kappa shape index (κ2) is 10.6. The molecule has 5 N–H and O–H groups in total. The average Bonchev–Trinajstić information content (AvgIpc) is 2.92. The third kappa shape index (κ3) is 5.24. The Morgan fingerprint density at radius 2 is 1.74 bits per heavy atom. The lowest BCUT2D eigenvalue weighted by Crippen LogP contribution is -2.36. The SMILES string of the molecule is NC(=O)c1cccc(Nc2cccc3c2CN(C(=O)c2c(O)cc(O)cc2OCc2ccccc2)CC3)c1. The number of phenols is 2. The van der Waals surface area contributed by atoms with Gasteiger partial charge in [0.2, 0.25) is 5.91 Å². The topological polar surface area (TPSA) is 125 Å². The number of hydrogen-bond acceptors (Lipinski definition) is 6. The molecule has 4 aromatic rings. The van der Waals surface area contributed by atoms with Gasteiger partial charge < -0.3 is 30.9 Å². The van der Waals surface area contributed by atoms with Crippen LogP contribution in [0.3, 0.4) is 0 Å². The van der Waals surface area contributed by atoms with Crippen LogP contribution in [0.1, 0.15) is 37.4 Å². The predicted molar refractivity (Wildman–Crippen MR) is 144 cm³/mol. The monoisotopic (exact) mass is 509 g/mol. The van der Waals surface area contributed by atoms with Gasteiger partial charge >= 0.3 is 0 Å². The number of phenolic OH excluding ortho intramolecular Hbond substituents is 2. The quantitative estimate of drug-likeness (QED) is 0.286. The second-order valence-corrected chi connectivity index (χ2v) is 9.10. The van der Waals surface area contributed by atoms with Gasteiger partial charge in [-0.3, -0.25) is 9.59 Å². The number of ether oxygens (including phenoxy) is 1. The van der Waals surface area contributed by atoms with Crippen LogP contribution in [-0.4, -0.2) is 33.5 Å². The first-order valence-corrected chi connectivity index (χ1v) is 12.2. The highest BCUT2D eigenvalue weighted by atomic mass is 16.5. The van der Waals surface area contributed by atoms with Gasteiger partial charge in [-0.05, 0) is 47.4 Å². The molecule has 0 saturated heterocycles. The van der Waals surface area contributed by atoms with Crippen LogP contribution in [0.15, 0.2) is 84.9 Å². The number of nitrogens with one attached hydrogen (secondary N) is 1. The van der Waals surface area contributed by atoms with E-state index < -0.39 is 11.8 Å². The van der Waals surface area contributed by atoms with Crippen molar-refractivity contribution in [2.75, 3.05) is 11.9 Å². The zero-order valence-electron chi connectivity index (χ0n) is 20.6. The molecule has 8 heteroatoms. The minimum absolute atomic E-state index is 0.00165. The Morgan fingerprint density at radius 3 is 2.53 bits per heavy atom. The summed E-state index contributed by atoms with van der Waals surface area (Å²) in [5.74, 6) is -1.35. The lowest BCUT2D eigenvalue weighted by Gasteiger charge is -2.31. The summed E-state index contributed by atoms with van der Waals surface area (Å²) < 4.78 is 5.88. The van der Waals surface area contributed by atoms with Gasteiger partial charge in [-0.1, -0.05) is 48.5 Å². The normalized spacial score (nSPS) is 12.5. The molecule has 0 aliphatic carbocycles. The Morgan fingerprint density at radius 1 is 0.947 bits per heavy atom. The Hall–Kier alpha value is -4.98. The van der Waals surface area contributed by atoms with Gasteiger partial charge in [-0.25, -0.2) is 0 Å². The van der Waals surface area contributed by atoms with Gasteiger partial charge in [0, 0.05) is 42.2 Å². The number of fused-ring (bicyclic) bond motifs is 1. The van der Waals surface area contributed by atoms with E-state index in [2.05, 4.69) is 5.32 Å². The molecule has 0 unspecified atom stereocenters. The fourth-order valence-electron chi connectivity index (χ4n) is 4.59. The van der Waals surface area contributed by atoms with Crippen LogP contribution in [0.4, 0.5) is 11.4 Å². The first-order chi connectivity index (χ1) is 18.4. The zero-order valence-corrected chi connectivity index (χ0v) is 20.6. The number of carbonyl (C=O) groups is 2. The standard InChI is InChI=1S/C30H27N3O5/c31-29(36)21-9-4-10-22(14-21)32-25-11-5-8-20-12-13-33(17-24(20)25)30(37)28-26(35)15-23(34)16-27(28)38-18-19-6-2-1-3-7-19/h1-11,14-16,32,34-35H,12-13,17-18H2,(H2,31,36). The van der Waals surface area contributed by atoms with E-state index in [-0.39, 0.29) is 29.4 Å². The molecule has 0 radical (unpaired) electrons. The van der Waals surface area contributed by atoms with Crippen molar-refractivity contribution >= 4 is 23.2 Å². The summed E-state index contributed by atoms with van der Waals surface area (Å²) in [5, 5.41) is 24.1. The van der Waals surface area contributed by atoms with Crippen molar-refractivity contribution < 1.29 is 24.5 Å². The van der Waals surface area contributed by atoms with Crippen molar-refractivity contribution in [2.24, 2.45) is 5.73 Å². The first-order valence-electron chi connectivity index (χ1n) is 12.2. The molecular weight excluding hydrogens is 482 g/mol. The van der Waals surface area contributed by atoms with E-state index in [1.54, 1.807) is 23.1 Å². The summed E-state index contributed by atoms with van der Waals surface area (Å²) in [5.41, 5.74) is 10.2. The predicted octanol–water partition coefficient (Wildman–Crippen LogP) is 4.72. The van der Waals surface area contributed by atoms with E-state index >= 15 is 0 Å². The van der Waals surface area contributed by atoms with E-state index in [9.17, 15) is 19.8 Å². The number of primary amides is 1. The zero-order chi connectivity index (χ0) is 26.6. The van der Waals surface area contributed by atoms with Crippen molar-refractivity contribution in [3.8, 4) is 17.2 Å². The maximum absolute atomic E-state index is 13.7. The van der Waals surface area contributed by atoms with Crippen molar-refractivity contribution in [1.29, 1.82) is 0 Å². The lowest BCUT2D eigenvalue weighted by atomic mass is 9.96. The van der Waals surface area contributed by atoms with Crippen LogP contribution in [0, 0.1) is 0 Å². The van der Waals surface area contributed by atoms with Gasteiger partial charge in [0.15, 0.2) is 0 Å². The fraction of sp³-hybridized carbons (Fsp3) is 0.133. The lowest BCUT2D eigenvalue weighted by molar-refractivity contribution is 0.0726. The van der Waals surface area contributed by atoms with Gasteiger partial charge in [0.25, 0.3) is 5.91 Å². The Bertz CT molecular complexity index is 1500. The third-order valence-electron chi connectivity index (χ3n) is 6.50. The van der Waals surface area contributed by atoms with E-state index in [0.29, 0.717) is 30.8 Å². The molecule has 1 heterocycles. The van der Waals surface area contributed by atoms with E-state index in [1.165, 1.54) is 6.07 Å². The number of aromatic hydroxyl groups is 2. The molecule has 1 aliphatic heterocycles. The van der Waals surface area contributed by atoms with Crippen molar-refractivity contribution in [3.05, 3.63) is 113 Å². The van der Waals surface area contributed by atoms with Crippen LogP contribution in [0.2, 0.25) is 0 Å². The Labute approximate surface area is 219 Å². The number of hydrogen-bond donors (Lipinski definition) is 4. The summed E-state index contributed by atoms with van der Waals surface area (Å²) in [6.07, 6.45) is 0.622. The molecule has 1 aliphatic rings. The molecule has 0 atom stereocenters. The summed E-state index contributed by atoms with van der Waals surface area (Å²) in [4.78, 5) is 26.9. The molecule has 38 heavy (non-hydrogen) atoms. The number of nitrogens with two attached hydrogens (primary N) is 1. The minimum atomic E-state index is -0.514. The fourth-order valence-corrected chi connectivity index (χ4v) is 4.59. The number of nitrogens with zero attached hydrogens (tertiary/aromatic N) is 1. The number of amides is 2. The van der Waals surface area contributed by atoms with Crippen LogP contribution < -0.4 is 15.8 Å². The Balaban J connectivity index is 1.41. The smallest absolute Gasteiger partial charge is 0.261 e. The highest BCUT2D eigenvalue weighted by Gasteiger charge is 2.28. The Kier molecular flexibility index (Phi) is 6.86. The largest absolute Gasteiger partial charge is 0.508 e. The van der Waals surface area contributed by atoms with Crippen LogP contribution >= 0.6 is 0 Å². The van der Waals surface area contributed by atoms with Gasteiger partial charge in [-0.15, -0.1) is 0 Å². The van der Waals surface area contributed by atoms with Crippen molar-refractivity contribution in [2.45, 2.75) is 19.6 Å².